The van der Waals surface area contributed by atoms with Crippen LogP contribution in [-0.4, -0.2) is 19.6 Å². The highest BCUT2D eigenvalue weighted by Crippen LogP contribution is 2.23. The molecule has 6 heteroatoms. The number of aromatic amines is 1. The van der Waals surface area contributed by atoms with Gasteiger partial charge in [-0.3, -0.25) is 0 Å². The van der Waals surface area contributed by atoms with E-state index in [0.29, 0.717) is 21.6 Å². The van der Waals surface area contributed by atoms with Crippen molar-refractivity contribution in [2.45, 2.75) is 0 Å². The van der Waals surface area contributed by atoms with Crippen LogP contribution in [0.5, 0.6) is 0 Å². The first-order valence-electron chi connectivity index (χ1n) is 4.28. The lowest BCUT2D eigenvalue weighted by molar-refractivity contribution is 0.881. The van der Waals surface area contributed by atoms with Crippen molar-refractivity contribution in [1.82, 2.24) is 19.6 Å². The second-order valence-corrected chi connectivity index (χ2v) is 3.48. The third kappa shape index (κ3) is 1.07. The number of aromatic nitrogens is 4. The van der Waals surface area contributed by atoms with Crippen LogP contribution in [0.3, 0.4) is 0 Å². The predicted molar refractivity (Wildman–Crippen MR) is 56.1 cm³/mol. The Bertz CT molecular complexity index is 715. The largest absolute Gasteiger partial charge is 0.370 e. The molecule has 1 N–H and O–H groups in total. The highest BCUT2D eigenvalue weighted by atomic mass is 35.5. The molecule has 0 aliphatic rings. The van der Waals surface area contributed by atoms with E-state index in [9.17, 15) is 4.79 Å². The molecule has 1 aromatic carbocycles. The molecular formula is C9H5ClN4O. The summed E-state index contributed by atoms with van der Waals surface area (Å²) in [6.45, 7) is 0. The molecule has 0 saturated heterocycles. The molecule has 2 aromatic heterocycles. The molecule has 0 aliphatic carbocycles. The fraction of sp³-hybridized carbons (Fsp3) is 0. The molecule has 2 heterocycles. The van der Waals surface area contributed by atoms with Gasteiger partial charge in [0, 0.05) is 0 Å². The quantitative estimate of drug-likeness (QED) is 0.620. The third-order valence-corrected chi connectivity index (χ3v) is 2.53. The molecule has 3 rings (SSSR count). The van der Waals surface area contributed by atoms with Crippen LogP contribution in [0, 0.1) is 0 Å². The predicted octanol–water partition coefficient (Wildman–Crippen LogP) is 1.22. The molecule has 3 aromatic rings. The lowest BCUT2D eigenvalue weighted by Gasteiger charge is -1.99. The summed E-state index contributed by atoms with van der Waals surface area (Å²) in [6, 6.07) is 5.24. The lowest BCUT2D eigenvalue weighted by Crippen LogP contribution is -2.17. The van der Waals surface area contributed by atoms with Gasteiger partial charge in [0.25, 0.3) is 0 Å². The number of nitrogens with zero attached hydrogens (tertiary/aromatic N) is 3. The SMILES string of the molecule is O=c1nc2cccc(Cl)c2c2[nH]cnn12. The van der Waals surface area contributed by atoms with Crippen molar-refractivity contribution in [1.29, 1.82) is 0 Å². The van der Waals surface area contributed by atoms with Gasteiger partial charge in [-0.1, -0.05) is 17.7 Å². The van der Waals surface area contributed by atoms with Gasteiger partial charge in [0.15, 0.2) is 0 Å². The molecular weight excluding hydrogens is 216 g/mol. The number of rotatable bonds is 0. The standard InChI is InChI=1S/C9H5ClN4O/c10-5-2-1-3-6-7(5)8-11-4-12-14(8)9(15)13-6/h1-4H,(H,11,12). The van der Waals surface area contributed by atoms with Crippen LogP contribution in [0.25, 0.3) is 16.6 Å². The molecule has 0 bridgehead atoms. The van der Waals surface area contributed by atoms with Gasteiger partial charge in [0.2, 0.25) is 0 Å². The minimum atomic E-state index is -0.416. The Morgan fingerprint density at radius 2 is 2.27 bits per heavy atom. The Kier molecular flexibility index (Phi) is 1.58. The van der Waals surface area contributed by atoms with E-state index >= 15 is 0 Å². The molecule has 0 fully saturated rings. The minimum absolute atomic E-state index is 0.416. The maximum atomic E-state index is 11.5. The van der Waals surface area contributed by atoms with Crippen molar-refractivity contribution in [3.8, 4) is 0 Å². The van der Waals surface area contributed by atoms with Crippen molar-refractivity contribution < 1.29 is 0 Å². The number of nitrogens with one attached hydrogen (secondary N) is 1. The van der Waals surface area contributed by atoms with Crippen LogP contribution in [0.2, 0.25) is 5.02 Å². The number of benzene rings is 1. The number of fused-ring (bicyclic) bond motifs is 3. The van der Waals surface area contributed by atoms with E-state index in [1.807, 2.05) is 0 Å². The maximum absolute atomic E-state index is 11.5. The zero-order chi connectivity index (χ0) is 10.4. The first-order valence-corrected chi connectivity index (χ1v) is 4.66. The molecule has 0 aliphatic heterocycles. The monoisotopic (exact) mass is 220 g/mol. The third-order valence-electron chi connectivity index (χ3n) is 2.21. The van der Waals surface area contributed by atoms with Crippen molar-refractivity contribution in [2.75, 3.05) is 0 Å². The van der Waals surface area contributed by atoms with Crippen molar-refractivity contribution >= 4 is 28.2 Å². The summed E-state index contributed by atoms with van der Waals surface area (Å²) in [5.74, 6) is 0. The molecule has 0 saturated carbocycles. The average molecular weight is 221 g/mol. The first-order chi connectivity index (χ1) is 7.27. The van der Waals surface area contributed by atoms with Crippen LogP contribution >= 0.6 is 11.6 Å². The molecule has 74 valence electrons. The Labute approximate surface area is 88.3 Å². The number of hydrogen-bond donors (Lipinski definition) is 1. The number of halogens is 1. The Morgan fingerprint density at radius 3 is 3.13 bits per heavy atom. The summed E-state index contributed by atoms with van der Waals surface area (Å²) < 4.78 is 1.19. The second-order valence-electron chi connectivity index (χ2n) is 3.08. The summed E-state index contributed by atoms with van der Waals surface area (Å²) in [6.07, 6.45) is 1.43. The van der Waals surface area contributed by atoms with Gasteiger partial charge in [0.1, 0.15) is 12.0 Å². The highest BCUT2D eigenvalue weighted by Gasteiger charge is 2.09. The number of H-pyrrole nitrogens is 1. The average Bonchev–Trinajstić information content (AvgIpc) is 2.66. The smallest absolute Gasteiger partial charge is 0.329 e. The van der Waals surface area contributed by atoms with Crippen LogP contribution < -0.4 is 5.69 Å². The van der Waals surface area contributed by atoms with Crippen LogP contribution in [0.4, 0.5) is 0 Å². The summed E-state index contributed by atoms with van der Waals surface area (Å²) in [4.78, 5) is 18.2. The Morgan fingerprint density at radius 1 is 1.40 bits per heavy atom. The van der Waals surface area contributed by atoms with E-state index in [4.69, 9.17) is 11.6 Å². The zero-order valence-corrected chi connectivity index (χ0v) is 8.19. The molecule has 0 radical (unpaired) electrons. The molecule has 0 amide bonds. The van der Waals surface area contributed by atoms with Crippen LogP contribution in [0.15, 0.2) is 29.3 Å². The molecule has 0 unspecified atom stereocenters. The van der Waals surface area contributed by atoms with Gasteiger partial charge in [-0.2, -0.15) is 14.6 Å². The normalized spacial score (nSPS) is 11.3. The minimum Gasteiger partial charge on any atom is -0.329 e. The topological polar surface area (TPSA) is 63.0 Å². The van der Waals surface area contributed by atoms with Crippen LogP contribution in [0.1, 0.15) is 0 Å². The molecule has 0 spiro atoms. The van der Waals surface area contributed by atoms with Crippen molar-refractivity contribution in [3.05, 3.63) is 40.0 Å². The van der Waals surface area contributed by atoms with Crippen molar-refractivity contribution in [2.24, 2.45) is 0 Å². The van der Waals surface area contributed by atoms with Crippen LogP contribution in [-0.2, 0) is 0 Å². The Hall–Kier alpha value is -1.88. The summed E-state index contributed by atoms with van der Waals surface area (Å²) in [7, 11) is 0. The van der Waals surface area contributed by atoms with E-state index in [1.165, 1.54) is 10.8 Å². The number of hydrogen-bond acceptors (Lipinski definition) is 3. The van der Waals surface area contributed by atoms with Gasteiger partial charge in [-0.25, -0.2) is 4.79 Å². The van der Waals surface area contributed by atoms with Crippen molar-refractivity contribution in [3.63, 3.8) is 0 Å². The van der Waals surface area contributed by atoms with Gasteiger partial charge in [-0.05, 0) is 12.1 Å². The molecule has 5 nitrogen and oxygen atoms in total. The van der Waals surface area contributed by atoms with E-state index in [1.54, 1.807) is 18.2 Å². The summed E-state index contributed by atoms with van der Waals surface area (Å²) >= 11 is 6.04. The van der Waals surface area contributed by atoms with Gasteiger partial charge in [-0.15, -0.1) is 0 Å². The van der Waals surface area contributed by atoms with E-state index in [2.05, 4.69) is 15.1 Å². The second kappa shape index (κ2) is 2.80. The fourth-order valence-electron chi connectivity index (χ4n) is 1.58. The fourth-order valence-corrected chi connectivity index (χ4v) is 1.84. The van der Waals surface area contributed by atoms with Gasteiger partial charge < -0.3 is 4.98 Å². The molecule has 15 heavy (non-hydrogen) atoms. The Balaban J connectivity index is 2.74. The van der Waals surface area contributed by atoms with Gasteiger partial charge >= 0.3 is 5.69 Å². The zero-order valence-electron chi connectivity index (χ0n) is 7.44. The maximum Gasteiger partial charge on any atom is 0.370 e. The first kappa shape index (κ1) is 8.43. The summed E-state index contributed by atoms with van der Waals surface area (Å²) in [5.41, 5.74) is 0.716. The van der Waals surface area contributed by atoms with Gasteiger partial charge in [0.05, 0.1) is 15.9 Å². The lowest BCUT2D eigenvalue weighted by atomic mass is 10.2. The van der Waals surface area contributed by atoms with E-state index in [0.717, 1.165) is 0 Å². The van der Waals surface area contributed by atoms with E-state index < -0.39 is 5.69 Å². The molecule has 0 atom stereocenters. The summed E-state index contributed by atoms with van der Waals surface area (Å²) in [5, 5.41) is 5.09. The highest BCUT2D eigenvalue weighted by molar-refractivity contribution is 6.36. The van der Waals surface area contributed by atoms with E-state index in [-0.39, 0.29) is 0 Å².